The summed E-state index contributed by atoms with van der Waals surface area (Å²) in [6.07, 6.45) is 3.89. The third-order valence-electron chi connectivity index (χ3n) is 4.23. The molecule has 0 aromatic heterocycles. The minimum Gasteiger partial charge on any atom is -0.306 e. The van der Waals surface area contributed by atoms with Gasteiger partial charge in [-0.15, -0.1) is 0 Å². The van der Waals surface area contributed by atoms with Crippen molar-refractivity contribution in [3.8, 4) is 0 Å². The Balaban J connectivity index is 1.88. The molecule has 0 amide bonds. The molecule has 1 heterocycles. The highest BCUT2D eigenvalue weighted by Crippen LogP contribution is 2.18. The van der Waals surface area contributed by atoms with E-state index in [1.54, 1.807) is 0 Å². The molecule has 2 heteroatoms. The van der Waals surface area contributed by atoms with Gasteiger partial charge in [-0.3, -0.25) is 0 Å². The van der Waals surface area contributed by atoms with E-state index < -0.39 is 0 Å². The van der Waals surface area contributed by atoms with Crippen molar-refractivity contribution in [1.29, 1.82) is 0 Å². The lowest BCUT2D eigenvalue weighted by molar-refractivity contribution is 0.163. The van der Waals surface area contributed by atoms with Crippen LogP contribution in [0.1, 0.15) is 30.9 Å². The highest BCUT2D eigenvalue weighted by molar-refractivity contribution is 5.26. The molecule has 1 aliphatic heterocycles. The van der Waals surface area contributed by atoms with Crippen LogP contribution < -0.4 is 0 Å². The van der Waals surface area contributed by atoms with E-state index in [9.17, 15) is 0 Å². The first kappa shape index (κ1) is 14.5. The number of nitrogens with zero attached hydrogens (tertiary/aromatic N) is 2. The molecule has 0 saturated carbocycles. The zero-order valence-electron chi connectivity index (χ0n) is 12.7. The summed E-state index contributed by atoms with van der Waals surface area (Å²) in [7, 11) is 4.51. The lowest BCUT2D eigenvalue weighted by Gasteiger charge is -2.32. The fourth-order valence-electron chi connectivity index (χ4n) is 3.28. The largest absolute Gasteiger partial charge is 0.306 e. The van der Waals surface area contributed by atoms with E-state index in [0.29, 0.717) is 0 Å². The van der Waals surface area contributed by atoms with Gasteiger partial charge in [0, 0.05) is 19.6 Å². The first-order chi connectivity index (χ1) is 9.19. The Morgan fingerprint density at radius 2 is 2.00 bits per heavy atom. The average Bonchev–Trinajstić information content (AvgIpc) is 2.39. The Morgan fingerprint density at radius 3 is 2.68 bits per heavy atom. The minimum atomic E-state index is 0.845. The van der Waals surface area contributed by atoms with Crippen molar-refractivity contribution in [2.75, 3.05) is 33.7 Å². The molecule has 1 aliphatic rings. The zero-order chi connectivity index (χ0) is 13.7. The third-order valence-corrected chi connectivity index (χ3v) is 4.23. The van der Waals surface area contributed by atoms with Crippen LogP contribution in [0.3, 0.4) is 0 Å². The SMILES string of the molecule is CCc1ccccc1CN(C)CC1CCCN(C)C1. The van der Waals surface area contributed by atoms with Crippen molar-refractivity contribution >= 4 is 0 Å². The van der Waals surface area contributed by atoms with Crippen LogP contribution in [0.15, 0.2) is 24.3 Å². The van der Waals surface area contributed by atoms with E-state index in [1.807, 2.05) is 0 Å². The topological polar surface area (TPSA) is 6.48 Å². The van der Waals surface area contributed by atoms with Gasteiger partial charge in [-0.2, -0.15) is 0 Å². The number of aryl methyl sites for hydroxylation is 1. The molecular weight excluding hydrogens is 232 g/mol. The van der Waals surface area contributed by atoms with Gasteiger partial charge in [-0.25, -0.2) is 0 Å². The molecule has 0 radical (unpaired) electrons. The van der Waals surface area contributed by atoms with Crippen LogP contribution in [0, 0.1) is 5.92 Å². The smallest absolute Gasteiger partial charge is 0.0233 e. The first-order valence-electron chi connectivity index (χ1n) is 7.63. The van der Waals surface area contributed by atoms with E-state index >= 15 is 0 Å². The Hall–Kier alpha value is -0.860. The predicted molar refractivity (Wildman–Crippen MR) is 82.4 cm³/mol. The lowest BCUT2D eigenvalue weighted by atomic mass is 9.97. The molecule has 2 nitrogen and oxygen atoms in total. The van der Waals surface area contributed by atoms with Gasteiger partial charge in [0.15, 0.2) is 0 Å². The van der Waals surface area contributed by atoms with Gasteiger partial charge >= 0.3 is 0 Å². The molecule has 1 fully saturated rings. The average molecular weight is 260 g/mol. The van der Waals surface area contributed by atoms with E-state index in [0.717, 1.165) is 18.9 Å². The second-order valence-electron chi connectivity index (χ2n) is 6.09. The van der Waals surface area contributed by atoms with Crippen molar-refractivity contribution in [1.82, 2.24) is 9.80 Å². The van der Waals surface area contributed by atoms with Gasteiger partial charge in [-0.05, 0) is 56.9 Å². The molecule has 1 aromatic carbocycles. The Labute approximate surface area is 118 Å². The highest BCUT2D eigenvalue weighted by atomic mass is 15.1. The van der Waals surface area contributed by atoms with Gasteiger partial charge in [0.05, 0.1) is 0 Å². The van der Waals surface area contributed by atoms with E-state index in [1.165, 1.54) is 43.6 Å². The quantitative estimate of drug-likeness (QED) is 0.803. The molecule has 0 aliphatic carbocycles. The number of hydrogen-bond acceptors (Lipinski definition) is 2. The van der Waals surface area contributed by atoms with Crippen LogP contribution in [0.25, 0.3) is 0 Å². The summed E-state index contributed by atoms with van der Waals surface area (Å²) in [6, 6.07) is 8.86. The monoisotopic (exact) mass is 260 g/mol. The Bertz CT molecular complexity index is 389. The van der Waals surface area contributed by atoms with Gasteiger partial charge < -0.3 is 9.80 Å². The Morgan fingerprint density at radius 1 is 1.26 bits per heavy atom. The first-order valence-corrected chi connectivity index (χ1v) is 7.63. The highest BCUT2D eigenvalue weighted by Gasteiger charge is 2.18. The molecule has 0 N–H and O–H groups in total. The normalized spacial score (nSPS) is 20.9. The maximum Gasteiger partial charge on any atom is 0.0233 e. The van der Waals surface area contributed by atoms with Crippen LogP contribution in [-0.4, -0.2) is 43.5 Å². The predicted octanol–water partition coefficient (Wildman–Crippen LogP) is 3.02. The van der Waals surface area contributed by atoms with Crippen LogP contribution >= 0.6 is 0 Å². The number of rotatable bonds is 5. The summed E-state index contributed by atoms with van der Waals surface area (Å²) in [5, 5.41) is 0. The molecule has 1 saturated heterocycles. The van der Waals surface area contributed by atoms with E-state index in [2.05, 4.69) is 55.1 Å². The number of likely N-dealkylation sites (tertiary alicyclic amines) is 1. The van der Waals surface area contributed by atoms with E-state index in [-0.39, 0.29) is 0 Å². The van der Waals surface area contributed by atoms with Crippen molar-refractivity contribution in [2.45, 2.75) is 32.7 Å². The van der Waals surface area contributed by atoms with Crippen LogP contribution in [0.4, 0.5) is 0 Å². The molecular formula is C17H28N2. The van der Waals surface area contributed by atoms with Gasteiger partial charge in [0.25, 0.3) is 0 Å². The molecule has 2 rings (SSSR count). The number of benzene rings is 1. The second-order valence-corrected chi connectivity index (χ2v) is 6.09. The standard InChI is InChI=1S/C17H28N2/c1-4-16-9-5-6-10-17(16)14-19(3)13-15-8-7-11-18(2)12-15/h5-6,9-10,15H,4,7-8,11-14H2,1-3H3. The van der Waals surface area contributed by atoms with Crippen molar-refractivity contribution in [2.24, 2.45) is 5.92 Å². The summed E-state index contributed by atoms with van der Waals surface area (Å²) in [5.74, 6) is 0.845. The maximum atomic E-state index is 2.50. The second kappa shape index (κ2) is 7.06. The van der Waals surface area contributed by atoms with Crippen LogP contribution in [0.5, 0.6) is 0 Å². The van der Waals surface area contributed by atoms with Gasteiger partial charge in [-0.1, -0.05) is 31.2 Å². The van der Waals surface area contributed by atoms with E-state index in [4.69, 9.17) is 0 Å². The lowest BCUT2D eigenvalue weighted by Crippen LogP contribution is -2.37. The van der Waals surface area contributed by atoms with Crippen molar-refractivity contribution < 1.29 is 0 Å². The van der Waals surface area contributed by atoms with Gasteiger partial charge in [0.1, 0.15) is 0 Å². The minimum absolute atomic E-state index is 0.845. The number of piperidine rings is 1. The van der Waals surface area contributed by atoms with Crippen LogP contribution in [-0.2, 0) is 13.0 Å². The summed E-state index contributed by atoms with van der Waals surface area (Å²) in [4.78, 5) is 4.97. The van der Waals surface area contributed by atoms with Crippen molar-refractivity contribution in [3.05, 3.63) is 35.4 Å². The summed E-state index contributed by atoms with van der Waals surface area (Å²) < 4.78 is 0. The molecule has 19 heavy (non-hydrogen) atoms. The van der Waals surface area contributed by atoms with Crippen molar-refractivity contribution in [3.63, 3.8) is 0 Å². The molecule has 1 atom stereocenters. The summed E-state index contributed by atoms with van der Waals surface area (Å²) in [6.45, 7) is 7.10. The summed E-state index contributed by atoms with van der Waals surface area (Å²) >= 11 is 0. The van der Waals surface area contributed by atoms with Crippen LogP contribution in [0.2, 0.25) is 0 Å². The Kier molecular flexibility index (Phi) is 5.41. The molecule has 1 unspecified atom stereocenters. The molecule has 0 spiro atoms. The molecule has 1 aromatic rings. The fourth-order valence-corrected chi connectivity index (χ4v) is 3.28. The fraction of sp³-hybridized carbons (Fsp3) is 0.647. The number of hydrogen-bond donors (Lipinski definition) is 0. The third kappa shape index (κ3) is 4.32. The zero-order valence-corrected chi connectivity index (χ0v) is 12.7. The maximum absolute atomic E-state index is 2.50. The summed E-state index contributed by atoms with van der Waals surface area (Å²) in [5.41, 5.74) is 2.99. The molecule has 0 bridgehead atoms. The van der Waals surface area contributed by atoms with Gasteiger partial charge in [0.2, 0.25) is 0 Å². The molecule has 106 valence electrons.